The van der Waals surface area contributed by atoms with E-state index in [9.17, 15) is 4.79 Å². The van der Waals surface area contributed by atoms with Crippen LogP contribution < -0.4 is 5.73 Å². The first-order valence-corrected chi connectivity index (χ1v) is 3.67. The van der Waals surface area contributed by atoms with Crippen molar-refractivity contribution in [2.45, 2.75) is 0 Å². The van der Waals surface area contributed by atoms with Crippen molar-refractivity contribution in [2.24, 2.45) is 0 Å². The molecular formula is C10H6N2O2. The molecule has 4 heteroatoms. The van der Waals surface area contributed by atoms with Gasteiger partial charge in [-0.15, -0.1) is 0 Å². The molecule has 1 aromatic carbocycles. The molecule has 0 aliphatic heterocycles. The molecule has 0 atom stereocenters. The van der Waals surface area contributed by atoms with Crippen molar-refractivity contribution in [3.05, 3.63) is 29.3 Å². The molecule has 0 saturated heterocycles. The number of carboxylic acids is 1. The number of nitrogens with zero attached hydrogens (tertiary/aromatic N) is 1. The Bertz CT molecular complexity index is 475. The van der Waals surface area contributed by atoms with E-state index in [-0.39, 0.29) is 5.56 Å². The average Bonchev–Trinajstić information content (AvgIpc) is 2.14. The van der Waals surface area contributed by atoms with Crippen LogP contribution in [0.4, 0.5) is 5.69 Å². The topological polar surface area (TPSA) is 87.1 Å². The minimum absolute atomic E-state index is 0.0623. The van der Waals surface area contributed by atoms with Crippen LogP contribution in [0.2, 0.25) is 0 Å². The number of carboxylic acid groups (broad SMARTS) is 1. The van der Waals surface area contributed by atoms with Gasteiger partial charge >= 0.3 is 5.97 Å². The predicted octanol–water partition coefficient (Wildman–Crippen LogP) is 0.842. The summed E-state index contributed by atoms with van der Waals surface area (Å²) < 4.78 is 0. The van der Waals surface area contributed by atoms with Gasteiger partial charge in [0.25, 0.3) is 0 Å². The Hall–Kier alpha value is -2.46. The zero-order valence-corrected chi connectivity index (χ0v) is 7.11. The summed E-state index contributed by atoms with van der Waals surface area (Å²) in [6.45, 7) is 0. The second-order valence-corrected chi connectivity index (χ2v) is 2.51. The Morgan fingerprint density at radius 2 is 2.14 bits per heavy atom. The SMILES string of the molecule is N#CC#Cc1cc(N)cc(C(=O)O)c1. The summed E-state index contributed by atoms with van der Waals surface area (Å²) in [6.07, 6.45) is 0. The molecule has 0 saturated carbocycles. The van der Waals surface area contributed by atoms with E-state index in [4.69, 9.17) is 16.1 Å². The smallest absolute Gasteiger partial charge is 0.335 e. The largest absolute Gasteiger partial charge is 0.478 e. The Kier molecular flexibility index (Phi) is 2.73. The molecule has 0 fully saturated rings. The van der Waals surface area contributed by atoms with Crippen molar-refractivity contribution in [2.75, 3.05) is 5.73 Å². The Morgan fingerprint density at radius 1 is 1.43 bits per heavy atom. The van der Waals surface area contributed by atoms with E-state index in [0.29, 0.717) is 11.3 Å². The number of rotatable bonds is 1. The number of nitriles is 1. The lowest BCUT2D eigenvalue weighted by molar-refractivity contribution is 0.0697. The third-order valence-corrected chi connectivity index (χ3v) is 1.47. The van der Waals surface area contributed by atoms with Gasteiger partial charge < -0.3 is 10.8 Å². The monoisotopic (exact) mass is 186 g/mol. The van der Waals surface area contributed by atoms with E-state index in [1.54, 1.807) is 6.07 Å². The van der Waals surface area contributed by atoms with Crippen LogP contribution >= 0.6 is 0 Å². The van der Waals surface area contributed by atoms with E-state index in [2.05, 4.69) is 11.8 Å². The fourth-order valence-corrected chi connectivity index (χ4v) is 0.947. The van der Waals surface area contributed by atoms with Gasteiger partial charge in [-0.2, -0.15) is 5.26 Å². The van der Waals surface area contributed by atoms with Gasteiger partial charge in [-0.05, 0) is 18.2 Å². The normalized spacial score (nSPS) is 8.21. The van der Waals surface area contributed by atoms with Crippen molar-refractivity contribution >= 4 is 11.7 Å². The molecule has 0 aliphatic carbocycles. The third kappa shape index (κ3) is 2.26. The van der Waals surface area contributed by atoms with E-state index >= 15 is 0 Å². The molecule has 0 aromatic heterocycles. The summed E-state index contributed by atoms with van der Waals surface area (Å²) in [7, 11) is 0. The molecule has 68 valence electrons. The van der Waals surface area contributed by atoms with Crippen molar-refractivity contribution in [3.8, 4) is 17.9 Å². The summed E-state index contributed by atoms with van der Waals surface area (Å²) in [4.78, 5) is 10.6. The number of nitrogens with two attached hydrogens (primary N) is 1. The molecule has 0 radical (unpaired) electrons. The van der Waals surface area contributed by atoms with Gasteiger partial charge in [-0.1, -0.05) is 5.92 Å². The van der Waals surface area contributed by atoms with E-state index < -0.39 is 5.97 Å². The molecule has 3 N–H and O–H groups in total. The first-order valence-electron chi connectivity index (χ1n) is 3.67. The number of anilines is 1. The van der Waals surface area contributed by atoms with Crippen LogP contribution in [0.25, 0.3) is 0 Å². The van der Waals surface area contributed by atoms with Crippen LogP contribution in [-0.2, 0) is 0 Å². The highest BCUT2D eigenvalue weighted by Gasteiger charge is 2.04. The minimum atomic E-state index is -1.07. The van der Waals surface area contributed by atoms with Crippen LogP contribution in [0.5, 0.6) is 0 Å². The van der Waals surface area contributed by atoms with E-state index in [1.807, 2.05) is 0 Å². The summed E-state index contributed by atoms with van der Waals surface area (Å²) in [5.41, 5.74) is 6.25. The zero-order valence-electron chi connectivity index (χ0n) is 7.11. The van der Waals surface area contributed by atoms with Crippen LogP contribution in [0, 0.1) is 23.2 Å². The number of aromatic carboxylic acids is 1. The number of hydrogen-bond acceptors (Lipinski definition) is 3. The van der Waals surface area contributed by atoms with E-state index in [0.717, 1.165) is 0 Å². The van der Waals surface area contributed by atoms with Gasteiger partial charge in [0.1, 0.15) is 0 Å². The molecule has 0 heterocycles. The van der Waals surface area contributed by atoms with Gasteiger partial charge in [-0.25, -0.2) is 4.79 Å². The maximum absolute atomic E-state index is 10.6. The second kappa shape index (κ2) is 3.97. The quantitative estimate of drug-likeness (QED) is 0.502. The van der Waals surface area contributed by atoms with Crippen LogP contribution in [0.3, 0.4) is 0 Å². The predicted molar refractivity (Wildman–Crippen MR) is 50.3 cm³/mol. The van der Waals surface area contributed by atoms with Crippen LogP contribution in [0.1, 0.15) is 15.9 Å². The lowest BCUT2D eigenvalue weighted by Crippen LogP contribution is -1.98. The molecule has 14 heavy (non-hydrogen) atoms. The molecule has 0 unspecified atom stereocenters. The molecule has 0 bridgehead atoms. The number of carbonyl (C=O) groups is 1. The van der Waals surface area contributed by atoms with Crippen molar-refractivity contribution < 1.29 is 9.90 Å². The minimum Gasteiger partial charge on any atom is -0.478 e. The molecule has 1 rings (SSSR count). The number of nitrogen functional groups attached to an aromatic ring is 1. The van der Waals surface area contributed by atoms with Crippen LogP contribution in [-0.4, -0.2) is 11.1 Å². The first kappa shape index (κ1) is 9.63. The van der Waals surface area contributed by atoms with Crippen molar-refractivity contribution in [1.29, 1.82) is 5.26 Å². The fourth-order valence-electron chi connectivity index (χ4n) is 0.947. The van der Waals surface area contributed by atoms with Crippen LogP contribution in [0.15, 0.2) is 18.2 Å². The number of hydrogen-bond donors (Lipinski definition) is 2. The van der Waals surface area contributed by atoms with Gasteiger partial charge in [0.2, 0.25) is 0 Å². The lowest BCUT2D eigenvalue weighted by Gasteiger charge is -1.98. The lowest BCUT2D eigenvalue weighted by atomic mass is 10.1. The Balaban J connectivity index is 3.22. The zero-order chi connectivity index (χ0) is 10.6. The summed E-state index contributed by atoms with van der Waals surface area (Å²) in [5.74, 6) is 3.57. The highest BCUT2D eigenvalue weighted by atomic mass is 16.4. The maximum Gasteiger partial charge on any atom is 0.335 e. The van der Waals surface area contributed by atoms with Gasteiger partial charge in [-0.3, -0.25) is 0 Å². The highest BCUT2D eigenvalue weighted by molar-refractivity contribution is 5.89. The fraction of sp³-hybridized carbons (Fsp3) is 0. The second-order valence-electron chi connectivity index (χ2n) is 2.51. The van der Waals surface area contributed by atoms with Crippen molar-refractivity contribution in [3.63, 3.8) is 0 Å². The molecular weight excluding hydrogens is 180 g/mol. The summed E-state index contributed by atoms with van der Waals surface area (Å²) in [6, 6.07) is 5.84. The Morgan fingerprint density at radius 3 is 2.71 bits per heavy atom. The van der Waals surface area contributed by atoms with E-state index in [1.165, 1.54) is 18.2 Å². The first-order chi connectivity index (χ1) is 6.63. The molecule has 0 amide bonds. The molecule has 0 spiro atoms. The third-order valence-electron chi connectivity index (χ3n) is 1.47. The molecule has 0 aliphatic rings. The van der Waals surface area contributed by atoms with Crippen molar-refractivity contribution in [1.82, 2.24) is 0 Å². The van der Waals surface area contributed by atoms with Gasteiger partial charge in [0.05, 0.1) is 5.56 Å². The molecule has 4 nitrogen and oxygen atoms in total. The Labute approximate surface area is 80.6 Å². The number of benzene rings is 1. The average molecular weight is 186 g/mol. The van der Waals surface area contributed by atoms with Gasteiger partial charge in [0.15, 0.2) is 6.07 Å². The standard InChI is InChI=1S/C10H6N2O2/c11-3-1-2-7-4-8(10(13)14)6-9(12)5-7/h4-6H,12H2,(H,13,14). The highest BCUT2D eigenvalue weighted by Crippen LogP contribution is 2.11. The maximum atomic E-state index is 10.6. The molecule has 1 aromatic rings. The van der Waals surface area contributed by atoms with Gasteiger partial charge in [0, 0.05) is 17.2 Å². The summed E-state index contributed by atoms with van der Waals surface area (Å²) >= 11 is 0. The summed E-state index contributed by atoms with van der Waals surface area (Å²) in [5, 5.41) is 16.9.